The normalized spacial score (nSPS) is 20.4. The van der Waals surface area contributed by atoms with Crippen molar-refractivity contribution < 1.29 is 14.0 Å². The minimum atomic E-state index is -1.02. The first-order valence-electron chi connectivity index (χ1n) is 6.44. The SMILES string of the molecule is CCC(N)CC1=NC(=O)C(c2ccc(F)cc2)C(=O)N1. The van der Waals surface area contributed by atoms with Crippen molar-refractivity contribution in [2.24, 2.45) is 10.7 Å². The largest absolute Gasteiger partial charge is 0.327 e. The molecule has 20 heavy (non-hydrogen) atoms. The van der Waals surface area contributed by atoms with Crippen LogP contribution in [0.2, 0.25) is 0 Å². The van der Waals surface area contributed by atoms with E-state index in [9.17, 15) is 14.0 Å². The zero-order valence-electron chi connectivity index (χ0n) is 11.1. The summed E-state index contributed by atoms with van der Waals surface area (Å²) < 4.78 is 12.9. The summed E-state index contributed by atoms with van der Waals surface area (Å²) in [7, 11) is 0. The lowest BCUT2D eigenvalue weighted by atomic mass is 9.95. The van der Waals surface area contributed by atoms with E-state index in [2.05, 4.69) is 10.3 Å². The minimum absolute atomic E-state index is 0.149. The van der Waals surface area contributed by atoms with Gasteiger partial charge in [-0.15, -0.1) is 0 Å². The van der Waals surface area contributed by atoms with Crippen LogP contribution >= 0.6 is 0 Å². The second-order valence-electron chi connectivity index (χ2n) is 4.74. The number of aliphatic imine (C=N–C) groups is 1. The molecule has 1 aliphatic heterocycles. The summed E-state index contributed by atoms with van der Waals surface area (Å²) in [5.74, 6) is -2.13. The van der Waals surface area contributed by atoms with Gasteiger partial charge in [0.05, 0.1) is 0 Å². The maximum absolute atomic E-state index is 12.9. The van der Waals surface area contributed by atoms with Crippen LogP contribution in [-0.4, -0.2) is 23.7 Å². The van der Waals surface area contributed by atoms with Crippen molar-refractivity contribution in [3.8, 4) is 0 Å². The molecule has 2 unspecified atom stereocenters. The Labute approximate surface area is 116 Å². The van der Waals surface area contributed by atoms with Gasteiger partial charge in [-0.25, -0.2) is 4.39 Å². The molecule has 106 valence electrons. The summed E-state index contributed by atoms with van der Waals surface area (Å²) in [5.41, 5.74) is 6.20. The number of rotatable bonds is 4. The lowest BCUT2D eigenvalue weighted by Gasteiger charge is -2.21. The summed E-state index contributed by atoms with van der Waals surface area (Å²) in [5, 5.41) is 2.59. The van der Waals surface area contributed by atoms with Gasteiger partial charge >= 0.3 is 0 Å². The van der Waals surface area contributed by atoms with Gasteiger partial charge in [0, 0.05) is 12.5 Å². The highest BCUT2D eigenvalue weighted by Gasteiger charge is 2.33. The molecule has 3 N–H and O–H groups in total. The molecule has 0 fully saturated rings. The highest BCUT2D eigenvalue weighted by molar-refractivity contribution is 6.19. The van der Waals surface area contributed by atoms with Crippen molar-refractivity contribution in [2.75, 3.05) is 0 Å². The molecular weight excluding hydrogens is 261 g/mol. The van der Waals surface area contributed by atoms with Crippen molar-refractivity contribution >= 4 is 17.6 Å². The Morgan fingerprint density at radius 2 is 2.00 bits per heavy atom. The third-order valence-corrected chi connectivity index (χ3v) is 3.21. The maximum Gasteiger partial charge on any atom is 0.264 e. The second-order valence-corrected chi connectivity index (χ2v) is 4.74. The second kappa shape index (κ2) is 5.92. The predicted octanol–water partition coefficient (Wildman–Crippen LogP) is 1.09. The minimum Gasteiger partial charge on any atom is -0.327 e. The molecule has 2 atom stereocenters. The molecule has 0 spiro atoms. The van der Waals surface area contributed by atoms with E-state index in [4.69, 9.17) is 5.73 Å². The van der Waals surface area contributed by atoms with Crippen molar-refractivity contribution in [1.82, 2.24) is 5.32 Å². The third-order valence-electron chi connectivity index (χ3n) is 3.21. The average molecular weight is 277 g/mol. The lowest BCUT2D eigenvalue weighted by molar-refractivity contribution is -0.129. The molecule has 1 aliphatic rings. The zero-order chi connectivity index (χ0) is 14.7. The Morgan fingerprint density at radius 3 is 2.55 bits per heavy atom. The van der Waals surface area contributed by atoms with Crippen molar-refractivity contribution in [3.05, 3.63) is 35.6 Å². The van der Waals surface area contributed by atoms with E-state index in [0.717, 1.165) is 6.42 Å². The van der Waals surface area contributed by atoms with E-state index in [1.807, 2.05) is 6.92 Å². The van der Waals surface area contributed by atoms with Gasteiger partial charge in [-0.3, -0.25) is 9.59 Å². The van der Waals surface area contributed by atoms with Crippen LogP contribution in [0.15, 0.2) is 29.3 Å². The molecule has 2 rings (SSSR count). The fourth-order valence-electron chi connectivity index (χ4n) is 1.99. The Bertz CT molecular complexity index is 554. The van der Waals surface area contributed by atoms with Gasteiger partial charge in [-0.2, -0.15) is 4.99 Å². The maximum atomic E-state index is 12.9. The summed E-state index contributed by atoms with van der Waals surface area (Å²) in [4.78, 5) is 27.9. The number of nitrogens with two attached hydrogens (primary N) is 1. The number of benzene rings is 1. The molecule has 1 heterocycles. The number of nitrogens with zero attached hydrogens (tertiary/aromatic N) is 1. The number of halogens is 1. The molecule has 0 saturated heterocycles. The smallest absolute Gasteiger partial charge is 0.264 e. The monoisotopic (exact) mass is 277 g/mol. The fourth-order valence-corrected chi connectivity index (χ4v) is 1.99. The van der Waals surface area contributed by atoms with Gasteiger partial charge in [0.25, 0.3) is 5.91 Å². The number of carbonyl (C=O) groups is 2. The molecule has 0 aromatic heterocycles. The summed E-state index contributed by atoms with van der Waals surface area (Å²) in [6.45, 7) is 1.92. The molecule has 2 amide bonds. The van der Waals surface area contributed by atoms with E-state index in [-0.39, 0.29) is 6.04 Å². The van der Waals surface area contributed by atoms with Crippen molar-refractivity contribution in [3.63, 3.8) is 0 Å². The van der Waals surface area contributed by atoms with Crippen molar-refractivity contribution in [2.45, 2.75) is 31.7 Å². The Balaban J connectivity index is 2.20. The first-order valence-corrected chi connectivity index (χ1v) is 6.44. The molecule has 0 aliphatic carbocycles. The topological polar surface area (TPSA) is 84.5 Å². The highest BCUT2D eigenvalue weighted by Crippen LogP contribution is 2.21. The van der Waals surface area contributed by atoms with Crippen LogP contribution in [0, 0.1) is 5.82 Å². The number of carbonyl (C=O) groups excluding carboxylic acids is 2. The van der Waals surface area contributed by atoms with Crippen molar-refractivity contribution in [1.29, 1.82) is 0 Å². The van der Waals surface area contributed by atoms with E-state index in [1.165, 1.54) is 24.3 Å². The molecule has 0 saturated carbocycles. The van der Waals surface area contributed by atoms with Crippen LogP contribution in [0.5, 0.6) is 0 Å². The standard InChI is InChI=1S/C14H16FN3O2/c1-2-10(16)7-11-17-13(19)12(14(20)18-11)8-3-5-9(15)6-4-8/h3-6,10,12H,2,7,16H2,1H3,(H,17,18,19,20). The van der Waals surface area contributed by atoms with Gasteiger partial charge in [0.1, 0.15) is 17.6 Å². The third kappa shape index (κ3) is 3.08. The zero-order valence-corrected chi connectivity index (χ0v) is 11.1. The Kier molecular flexibility index (Phi) is 4.24. The van der Waals surface area contributed by atoms with Crippen LogP contribution in [0.4, 0.5) is 4.39 Å². The van der Waals surface area contributed by atoms with Gasteiger partial charge < -0.3 is 11.1 Å². The van der Waals surface area contributed by atoms with E-state index in [0.29, 0.717) is 17.8 Å². The first kappa shape index (κ1) is 14.3. The summed E-state index contributed by atoms with van der Waals surface area (Å²) in [6, 6.07) is 5.10. The molecule has 1 aromatic carbocycles. The van der Waals surface area contributed by atoms with Gasteiger partial charge in [-0.1, -0.05) is 19.1 Å². The number of nitrogens with one attached hydrogen (secondary N) is 1. The molecule has 1 aromatic rings. The molecular formula is C14H16FN3O2. The Morgan fingerprint density at radius 1 is 1.35 bits per heavy atom. The predicted molar refractivity (Wildman–Crippen MR) is 72.6 cm³/mol. The summed E-state index contributed by atoms with van der Waals surface area (Å²) >= 11 is 0. The van der Waals surface area contributed by atoms with E-state index in [1.54, 1.807) is 0 Å². The number of hydrogen-bond acceptors (Lipinski definition) is 3. The highest BCUT2D eigenvalue weighted by atomic mass is 19.1. The first-order chi connectivity index (χ1) is 9.51. The van der Waals surface area contributed by atoms with Crippen LogP contribution < -0.4 is 11.1 Å². The van der Waals surface area contributed by atoms with E-state index < -0.39 is 23.5 Å². The summed E-state index contributed by atoms with van der Waals surface area (Å²) in [6.07, 6.45) is 1.08. The van der Waals surface area contributed by atoms with Crippen LogP contribution in [-0.2, 0) is 9.59 Å². The number of amidine groups is 1. The van der Waals surface area contributed by atoms with Crippen LogP contribution in [0.3, 0.4) is 0 Å². The van der Waals surface area contributed by atoms with E-state index >= 15 is 0 Å². The molecule has 6 heteroatoms. The quantitative estimate of drug-likeness (QED) is 0.808. The fraction of sp³-hybridized carbons (Fsp3) is 0.357. The molecule has 5 nitrogen and oxygen atoms in total. The number of amides is 2. The number of hydrogen-bond donors (Lipinski definition) is 2. The van der Waals surface area contributed by atoms with Gasteiger partial charge in [0.2, 0.25) is 5.91 Å². The molecule has 0 bridgehead atoms. The Hall–Kier alpha value is -2.08. The van der Waals surface area contributed by atoms with Crippen LogP contribution in [0.1, 0.15) is 31.2 Å². The van der Waals surface area contributed by atoms with Crippen LogP contribution in [0.25, 0.3) is 0 Å². The lowest BCUT2D eigenvalue weighted by Crippen LogP contribution is -2.44. The average Bonchev–Trinajstić information content (AvgIpc) is 2.40. The van der Waals surface area contributed by atoms with Gasteiger partial charge in [0.15, 0.2) is 0 Å². The molecule has 0 radical (unpaired) electrons. The van der Waals surface area contributed by atoms with Gasteiger partial charge in [-0.05, 0) is 24.1 Å².